The van der Waals surface area contributed by atoms with Gasteiger partial charge in [-0.05, 0) is 50.6 Å². The van der Waals surface area contributed by atoms with Crippen LogP contribution < -0.4 is 11.1 Å². The summed E-state index contributed by atoms with van der Waals surface area (Å²) in [4.78, 5) is 19.8. The molecule has 2 aromatic rings. The molecule has 0 bridgehead atoms. The first-order valence-corrected chi connectivity index (χ1v) is 10.00. The maximum Gasteiger partial charge on any atom is 0.268 e. The van der Waals surface area contributed by atoms with E-state index in [4.69, 9.17) is 10.6 Å². The van der Waals surface area contributed by atoms with Crippen molar-refractivity contribution < 1.29 is 18.4 Å². The third-order valence-corrected chi connectivity index (χ3v) is 5.00. The molecule has 3 rings (SSSR count). The molecule has 160 valence electrons. The lowest BCUT2D eigenvalue weighted by Gasteiger charge is -2.27. The highest BCUT2D eigenvalue weighted by atomic mass is 19.1. The molecular formula is C22H26F2N4O2. The molecule has 3 N–H and O–H groups in total. The summed E-state index contributed by atoms with van der Waals surface area (Å²) in [6.07, 6.45) is 2.62. The second-order valence-corrected chi connectivity index (χ2v) is 7.33. The Morgan fingerprint density at radius 1 is 1.20 bits per heavy atom. The van der Waals surface area contributed by atoms with Crippen molar-refractivity contribution in [3.63, 3.8) is 0 Å². The highest BCUT2D eigenvalue weighted by Gasteiger charge is 2.18. The third-order valence-electron chi connectivity index (χ3n) is 5.00. The molecule has 2 aromatic carbocycles. The Kier molecular flexibility index (Phi) is 7.35. The molecule has 1 fully saturated rings. The average Bonchev–Trinajstić information content (AvgIpc) is 2.74. The number of rotatable bonds is 7. The minimum Gasteiger partial charge on any atom is -0.381 e. The molecule has 0 aliphatic carbocycles. The largest absolute Gasteiger partial charge is 0.381 e. The number of nitrogens with zero attached hydrogens (tertiary/aromatic N) is 2. The molecule has 0 aromatic heterocycles. The van der Waals surface area contributed by atoms with Crippen molar-refractivity contribution in [1.29, 1.82) is 0 Å². The Morgan fingerprint density at radius 2 is 1.93 bits per heavy atom. The number of anilines is 1. The van der Waals surface area contributed by atoms with Gasteiger partial charge in [0.05, 0.1) is 5.69 Å². The highest BCUT2D eigenvalue weighted by Crippen LogP contribution is 2.17. The average molecular weight is 416 g/mol. The van der Waals surface area contributed by atoms with E-state index < -0.39 is 23.6 Å². The molecule has 6 nitrogen and oxygen atoms in total. The topological polar surface area (TPSA) is 80.0 Å². The van der Waals surface area contributed by atoms with Gasteiger partial charge in [0.25, 0.3) is 5.91 Å². The van der Waals surface area contributed by atoms with E-state index in [1.807, 2.05) is 24.3 Å². The smallest absolute Gasteiger partial charge is 0.268 e. The first-order valence-electron chi connectivity index (χ1n) is 10.00. The predicted octanol–water partition coefficient (Wildman–Crippen LogP) is 3.61. The molecule has 0 saturated carbocycles. The van der Waals surface area contributed by atoms with Crippen LogP contribution in [-0.4, -0.2) is 35.8 Å². The predicted molar refractivity (Wildman–Crippen MR) is 112 cm³/mol. The lowest BCUT2D eigenvalue weighted by molar-refractivity contribution is -0.126. The van der Waals surface area contributed by atoms with Crippen LogP contribution in [0.15, 0.2) is 47.6 Å². The number of amidine groups is 1. The number of piperidine rings is 1. The molecule has 1 atom stereocenters. The molecule has 1 unspecified atom stereocenters. The number of benzene rings is 2. The van der Waals surface area contributed by atoms with Crippen LogP contribution in [0, 0.1) is 11.6 Å². The Bertz CT molecular complexity index is 914. The number of carbonyl (C=O) groups excluding carboxylic acids is 1. The van der Waals surface area contributed by atoms with Crippen LogP contribution in [-0.2, 0) is 16.2 Å². The number of nitrogens with one attached hydrogen (secondary N) is 1. The molecular weight excluding hydrogens is 390 g/mol. The SMILES string of the molecule is CC(ON=C(N)c1ccccc1CN1CCCCC1)C(=O)Nc1ccc(F)cc1F. The van der Waals surface area contributed by atoms with E-state index >= 15 is 0 Å². The fourth-order valence-electron chi connectivity index (χ4n) is 3.32. The minimum absolute atomic E-state index is 0.138. The van der Waals surface area contributed by atoms with Crippen LogP contribution in [0.1, 0.15) is 37.3 Å². The van der Waals surface area contributed by atoms with Crippen molar-refractivity contribution in [3.05, 3.63) is 65.2 Å². The number of likely N-dealkylation sites (tertiary alicyclic amines) is 1. The van der Waals surface area contributed by atoms with E-state index in [2.05, 4.69) is 15.4 Å². The van der Waals surface area contributed by atoms with Crippen LogP contribution in [0.25, 0.3) is 0 Å². The van der Waals surface area contributed by atoms with Gasteiger partial charge < -0.3 is 15.9 Å². The van der Waals surface area contributed by atoms with Crippen LogP contribution in [0.3, 0.4) is 0 Å². The van der Waals surface area contributed by atoms with Crippen LogP contribution >= 0.6 is 0 Å². The van der Waals surface area contributed by atoms with Crippen molar-refractivity contribution in [3.8, 4) is 0 Å². The summed E-state index contributed by atoms with van der Waals surface area (Å²) in [7, 11) is 0. The lowest BCUT2D eigenvalue weighted by Crippen LogP contribution is -2.30. The lowest BCUT2D eigenvalue weighted by atomic mass is 10.0. The fraction of sp³-hybridized carbons (Fsp3) is 0.364. The number of halogens is 2. The van der Waals surface area contributed by atoms with Crippen LogP contribution in [0.4, 0.5) is 14.5 Å². The van der Waals surface area contributed by atoms with Gasteiger partial charge in [-0.1, -0.05) is 35.8 Å². The van der Waals surface area contributed by atoms with Crippen molar-refractivity contribution in [2.45, 2.75) is 38.8 Å². The van der Waals surface area contributed by atoms with Crippen molar-refractivity contribution in [2.75, 3.05) is 18.4 Å². The molecule has 1 saturated heterocycles. The number of nitrogens with two attached hydrogens (primary N) is 1. The van der Waals surface area contributed by atoms with E-state index in [9.17, 15) is 13.6 Å². The number of hydrogen-bond acceptors (Lipinski definition) is 4. The van der Waals surface area contributed by atoms with Crippen LogP contribution in [0.5, 0.6) is 0 Å². The molecule has 0 radical (unpaired) electrons. The second kappa shape index (κ2) is 10.2. The van der Waals surface area contributed by atoms with E-state index in [0.29, 0.717) is 6.07 Å². The van der Waals surface area contributed by atoms with Gasteiger partial charge in [0.1, 0.15) is 11.6 Å². The van der Waals surface area contributed by atoms with Crippen molar-refractivity contribution >= 4 is 17.4 Å². The molecule has 1 aliphatic rings. The van der Waals surface area contributed by atoms with Gasteiger partial charge in [-0.25, -0.2) is 8.78 Å². The zero-order valence-electron chi connectivity index (χ0n) is 16.9. The minimum atomic E-state index is -1.03. The summed E-state index contributed by atoms with van der Waals surface area (Å²) < 4.78 is 26.7. The summed E-state index contributed by atoms with van der Waals surface area (Å²) >= 11 is 0. The van der Waals surface area contributed by atoms with Gasteiger partial charge in [-0.2, -0.15) is 0 Å². The van der Waals surface area contributed by atoms with Gasteiger partial charge in [0, 0.05) is 18.2 Å². The van der Waals surface area contributed by atoms with E-state index in [1.54, 1.807) is 0 Å². The maximum atomic E-state index is 13.7. The number of carbonyl (C=O) groups is 1. The van der Waals surface area contributed by atoms with E-state index in [-0.39, 0.29) is 11.5 Å². The van der Waals surface area contributed by atoms with Crippen molar-refractivity contribution in [2.24, 2.45) is 10.9 Å². The Balaban J connectivity index is 1.63. The summed E-state index contributed by atoms with van der Waals surface area (Å²) in [6.45, 7) is 4.34. The zero-order valence-corrected chi connectivity index (χ0v) is 16.9. The highest BCUT2D eigenvalue weighted by molar-refractivity contribution is 5.98. The van der Waals surface area contributed by atoms with Crippen molar-refractivity contribution in [1.82, 2.24) is 4.90 Å². The number of hydrogen-bond donors (Lipinski definition) is 2. The summed E-state index contributed by atoms with van der Waals surface area (Å²) in [5.41, 5.74) is 7.76. The fourth-order valence-corrected chi connectivity index (χ4v) is 3.32. The first-order chi connectivity index (χ1) is 14.4. The normalized spacial score (nSPS) is 16.2. The Hall–Kier alpha value is -3.00. The summed E-state index contributed by atoms with van der Waals surface area (Å²) in [5, 5.41) is 6.25. The zero-order chi connectivity index (χ0) is 21.5. The van der Waals surface area contributed by atoms with Gasteiger partial charge >= 0.3 is 0 Å². The van der Waals surface area contributed by atoms with E-state index in [1.165, 1.54) is 26.2 Å². The number of amides is 1. The Labute approximate surface area is 174 Å². The van der Waals surface area contributed by atoms with Gasteiger partial charge in [-0.15, -0.1) is 0 Å². The molecule has 1 heterocycles. The molecule has 8 heteroatoms. The van der Waals surface area contributed by atoms with Gasteiger partial charge in [0.15, 0.2) is 5.84 Å². The Morgan fingerprint density at radius 3 is 2.67 bits per heavy atom. The standard InChI is InChI=1S/C22H26F2N4O2/c1-15(22(29)26-20-10-9-17(23)13-19(20)24)30-27-21(25)18-8-4-3-7-16(18)14-28-11-5-2-6-12-28/h3-4,7-10,13,15H,2,5-6,11-12,14H2,1H3,(H2,25,27)(H,26,29). The third kappa shape index (κ3) is 5.76. The first kappa shape index (κ1) is 21.7. The second-order valence-electron chi connectivity index (χ2n) is 7.33. The molecule has 30 heavy (non-hydrogen) atoms. The molecule has 0 spiro atoms. The molecule has 1 aliphatic heterocycles. The number of oxime groups is 1. The van der Waals surface area contributed by atoms with Crippen LogP contribution in [0.2, 0.25) is 0 Å². The quantitative estimate of drug-likeness (QED) is 0.411. The van der Waals surface area contributed by atoms with Gasteiger partial charge in [0.2, 0.25) is 6.10 Å². The van der Waals surface area contributed by atoms with Gasteiger partial charge in [-0.3, -0.25) is 9.69 Å². The summed E-state index contributed by atoms with van der Waals surface area (Å²) in [6, 6.07) is 10.6. The maximum absolute atomic E-state index is 13.7. The summed E-state index contributed by atoms with van der Waals surface area (Å²) in [5.74, 6) is -2.06. The van der Waals surface area contributed by atoms with E-state index in [0.717, 1.165) is 42.9 Å². The molecule has 1 amide bonds. The monoisotopic (exact) mass is 416 g/mol.